The summed E-state index contributed by atoms with van der Waals surface area (Å²) in [5.41, 5.74) is 0. The summed E-state index contributed by atoms with van der Waals surface area (Å²) in [6.45, 7) is 0. The molecule has 2 spiro atoms. The molecule has 1 aliphatic heterocycles. The Bertz CT molecular complexity index is 424. The molecule has 6 heteroatoms. The maximum Gasteiger partial charge on any atom is 0.234 e. The first-order chi connectivity index (χ1) is 11.2. The van der Waals surface area contributed by atoms with Crippen molar-refractivity contribution >= 4 is 5.91 Å². The molecule has 0 aromatic heterocycles. The fraction of sp³-hybridized carbons (Fsp3) is 0.941. The van der Waals surface area contributed by atoms with Gasteiger partial charge in [0.15, 0.2) is 0 Å². The van der Waals surface area contributed by atoms with Gasteiger partial charge in [-0.15, -0.1) is 0 Å². The Morgan fingerprint density at radius 3 is 1.96 bits per heavy atom. The zero-order chi connectivity index (χ0) is 15.8. The highest BCUT2D eigenvalue weighted by Gasteiger charge is 2.50. The number of hydrogen-bond acceptors (Lipinski definition) is 5. The number of nitrogens with one attached hydrogen (secondary N) is 1. The highest BCUT2D eigenvalue weighted by Crippen LogP contribution is 2.45. The van der Waals surface area contributed by atoms with Gasteiger partial charge in [0.05, 0.1) is 0 Å². The standard InChI is InChI=1S/C17H27NO5/c19-15(18-14-4-5-14)12-13-6-10-17(11-7-13)22-20-16(21-23-17)8-2-1-3-9-16/h13-14H,1-12H2,(H,18,19). The Morgan fingerprint density at radius 1 is 0.826 bits per heavy atom. The molecule has 3 saturated carbocycles. The van der Waals surface area contributed by atoms with Gasteiger partial charge in [-0.3, -0.25) is 4.79 Å². The second kappa shape index (κ2) is 6.31. The van der Waals surface area contributed by atoms with E-state index in [2.05, 4.69) is 5.32 Å². The first-order valence-electron chi connectivity index (χ1n) is 9.20. The third kappa shape index (κ3) is 3.71. The van der Waals surface area contributed by atoms with Gasteiger partial charge >= 0.3 is 0 Å². The van der Waals surface area contributed by atoms with Gasteiger partial charge in [0.1, 0.15) is 0 Å². The van der Waals surface area contributed by atoms with E-state index in [0.29, 0.717) is 31.2 Å². The number of carbonyl (C=O) groups excluding carboxylic acids is 1. The summed E-state index contributed by atoms with van der Waals surface area (Å²) in [6.07, 6.45) is 11.1. The fourth-order valence-electron chi connectivity index (χ4n) is 3.85. The van der Waals surface area contributed by atoms with Gasteiger partial charge < -0.3 is 5.32 Å². The molecule has 6 nitrogen and oxygen atoms in total. The summed E-state index contributed by atoms with van der Waals surface area (Å²) in [4.78, 5) is 34.6. The van der Waals surface area contributed by atoms with E-state index in [4.69, 9.17) is 19.6 Å². The van der Waals surface area contributed by atoms with Crippen LogP contribution in [0.25, 0.3) is 0 Å². The number of rotatable bonds is 3. The van der Waals surface area contributed by atoms with Crippen LogP contribution in [0.4, 0.5) is 0 Å². The second-order valence-corrected chi connectivity index (χ2v) is 7.70. The Balaban J connectivity index is 1.23. The highest BCUT2D eigenvalue weighted by atomic mass is 17.4. The first kappa shape index (κ1) is 15.8. The van der Waals surface area contributed by atoms with Crippen LogP contribution in [0.1, 0.15) is 77.0 Å². The van der Waals surface area contributed by atoms with Crippen LogP contribution in [0, 0.1) is 5.92 Å². The predicted octanol–water partition coefficient (Wildman–Crippen LogP) is 3.11. The number of carbonyl (C=O) groups is 1. The van der Waals surface area contributed by atoms with Crippen molar-refractivity contribution in [3.63, 3.8) is 0 Å². The normalized spacial score (nSPS) is 30.4. The molecule has 0 radical (unpaired) electrons. The Hall–Kier alpha value is -0.690. The quantitative estimate of drug-likeness (QED) is 0.808. The van der Waals surface area contributed by atoms with Crippen LogP contribution in [0.5, 0.6) is 0 Å². The topological polar surface area (TPSA) is 66.0 Å². The molecule has 4 rings (SSSR count). The molecule has 0 unspecified atom stereocenters. The van der Waals surface area contributed by atoms with Crippen LogP contribution in [0.3, 0.4) is 0 Å². The van der Waals surface area contributed by atoms with Crippen LogP contribution in [-0.4, -0.2) is 23.5 Å². The van der Waals surface area contributed by atoms with Gasteiger partial charge in [0, 0.05) is 38.1 Å². The first-order valence-corrected chi connectivity index (χ1v) is 9.20. The van der Waals surface area contributed by atoms with Crippen molar-refractivity contribution in [2.75, 3.05) is 0 Å². The van der Waals surface area contributed by atoms with Crippen molar-refractivity contribution in [3.05, 3.63) is 0 Å². The lowest BCUT2D eigenvalue weighted by Crippen LogP contribution is -2.52. The molecule has 0 aromatic rings. The second-order valence-electron chi connectivity index (χ2n) is 7.70. The number of hydrogen-bond donors (Lipinski definition) is 1. The van der Waals surface area contributed by atoms with E-state index in [0.717, 1.165) is 51.4 Å². The van der Waals surface area contributed by atoms with Crippen molar-refractivity contribution in [3.8, 4) is 0 Å². The minimum Gasteiger partial charge on any atom is -0.353 e. The Labute approximate surface area is 137 Å². The molecule has 0 bridgehead atoms. The van der Waals surface area contributed by atoms with Gasteiger partial charge in [-0.2, -0.15) is 19.6 Å². The van der Waals surface area contributed by atoms with E-state index in [1.807, 2.05) is 0 Å². The summed E-state index contributed by atoms with van der Waals surface area (Å²) in [7, 11) is 0. The van der Waals surface area contributed by atoms with Gasteiger partial charge in [-0.25, -0.2) is 0 Å². The van der Waals surface area contributed by atoms with E-state index < -0.39 is 11.6 Å². The average molecular weight is 325 g/mol. The van der Waals surface area contributed by atoms with Crippen molar-refractivity contribution in [2.24, 2.45) is 5.92 Å². The summed E-state index contributed by atoms with van der Waals surface area (Å²) in [6, 6.07) is 0.441. The summed E-state index contributed by atoms with van der Waals surface area (Å²) in [5, 5.41) is 3.06. The van der Waals surface area contributed by atoms with E-state index in [9.17, 15) is 4.79 Å². The molecule has 1 saturated heterocycles. The zero-order valence-electron chi connectivity index (χ0n) is 13.7. The van der Waals surface area contributed by atoms with Gasteiger partial charge in [0.25, 0.3) is 0 Å². The number of amides is 1. The lowest BCUT2D eigenvalue weighted by atomic mass is 9.83. The monoisotopic (exact) mass is 325 g/mol. The van der Waals surface area contributed by atoms with E-state index in [1.165, 1.54) is 6.42 Å². The average Bonchev–Trinajstić information content (AvgIpc) is 3.38. The molecule has 1 N–H and O–H groups in total. The Kier molecular flexibility index (Phi) is 4.34. The molecule has 1 heterocycles. The smallest absolute Gasteiger partial charge is 0.234 e. The van der Waals surface area contributed by atoms with Gasteiger partial charge in [0.2, 0.25) is 17.5 Å². The SMILES string of the molecule is O=C(CC1CCC2(CC1)OOC1(CCCCC1)OO2)NC1CC1. The molecular formula is C17H27NO5. The van der Waals surface area contributed by atoms with Crippen LogP contribution in [-0.2, 0) is 24.3 Å². The zero-order valence-corrected chi connectivity index (χ0v) is 13.7. The Morgan fingerprint density at radius 2 is 1.39 bits per heavy atom. The molecule has 130 valence electrons. The summed E-state index contributed by atoms with van der Waals surface area (Å²) < 4.78 is 0. The molecular weight excluding hydrogens is 298 g/mol. The van der Waals surface area contributed by atoms with Crippen molar-refractivity contribution in [2.45, 2.75) is 94.7 Å². The largest absolute Gasteiger partial charge is 0.353 e. The summed E-state index contributed by atoms with van der Waals surface area (Å²) in [5.74, 6) is -0.874. The van der Waals surface area contributed by atoms with E-state index in [-0.39, 0.29) is 5.91 Å². The molecule has 3 aliphatic carbocycles. The van der Waals surface area contributed by atoms with Crippen LogP contribution >= 0.6 is 0 Å². The molecule has 0 atom stereocenters. The van der Waals surface area contributed by atoms with E-state index >= 15 is 0 Å². The minimum atomic E-state index is -0.772. The fourth-order valence-corrected chi connectivity index (χ4v) is 3.85. The molecule has 0 aromatic carbocycles. The van der Waals surface area contributed by atoms with Gasteiger partial charge in [-0.05, 0) is 44.4 Å². The third-order valence-electron chi connectivity index (χ3n) is 5.59. The van der Waals surface area contributed by atoms with Crippen LogP contribution in [0.2, 0.25) is 0 Å². The predicted molar refractivity (Wildman–Crippen MR) is 80.6 cm³/mol. The minimum absolute atomic E-state index is 0.188. The highest BCUT2D eigenvalue weighted by molar-refractivity contribution is 5.76. The molecule has 23 heavy (non-hydrogen) atoms. The maximum atomic E-state index is 11.9. The molecule has 1 amide bonds. The summed E-state index contributed by atoms with van der Waals surface area (Å²) >= 11 is 0. The third-order valence-corrected chi connectivity index (χ3v) is 5.59. The van der Waals surface area contributed by atoms with Crippen molar-refractivity contribution in [1.82, 2.24) is 5.32 Å². The lowest BCUT2D eigenvalue weighted by Gasteiger charge is -2.46. The van der Waals surface area contributed by atoms with E-state index in [1.54, 1.807) is 0 Å². The lowest BCUT2D eigenvalue weighted by molar-refractivity contribution is -0.663. The van der Waals surface area contributed by atoms with Crippen LogP contribution < -0.4 is 5.32 Å². The van der Waals surface area contributed by atoms with Crippen LogP contribution in [0.15, 0.2) is 0 Å². The van der Waals surface area contributed by atoms with Crippen molar-refractivity contribution in [1.29, 1.82) is 0 Å². The van der Waals surface area contributed by atoms with Gasteiger partial charge in [-0.1, -0.05) is 6.42 Å². The molecule has 4 fully saturated rings. The van der Waals surface area contributed by atoms with Crippen molar-refractivity contribution < 1.29 is 24.3 Å². The molecule has 4 aliphatic rings. The maximum absolute atomic E-state index is 11.9.